The van der Waals surface area contributed by atoms with Gasteiger partial charge < -0.3 is 5.32 Å². The van der Waals surface area contributed by atoms with E-state index in [4.69, 9.17) is 10.2 Å². The van der Waals surface area contributed by atoms with Gasteiger partial charge in [0.2, 0.25) is 0 Å². The van der Waals surface area contributed by atoms with Crippen LogP contribution in [0.1, 0.15) is 43.0 Å². The molecule has 1 saturated carbocycles. The van der Waals surface area contributed by atoms with E-state index < -0.39 is 0 Å². The normalized spacial score (nSPS) is 15.5. The molecule has 0 atom stereocenters. The average molecular weight is 473 g/mol. The zero-order valence-electron chi connectivity index (χ0n) is 20.1. The minimum atomic E-state index is -0.252. The van der Waals surface area contributed by atoms with Gasteiger partial charge in [-0.3, -0.25) is 4.90 Å². The number of hydrogen-bond donors (Lipinski definition) is 1. The van der Waals surface area contributed by atoms with E-state index in [1.165, 1.54) is 30.5 Å². The highest BCUT2D eigenvalue weighted by atomic mass is 19.1. The smallest absolute Gasteiger partial charge is 0.158 e. The molecule has 1 N–H and O–H groups in total. The summed E-state index contributed by atoms with van der Waals surface area (Å²) in [5.41, 5.74) is 5.13. The zero-order valence-corrected chi connectivity index (χ0v) is 20.1. The van der Waals surface area contributed by atoms with Gasteiger partial charge in [0.15, 0.2) is 5.82 Å². The summed E-state index contributed by atoms with van der Waals surface area (Å²) in [5, 5.41) is 13.2. The largest absolute Gasteiger partial charge is 0.325 e. The molecule has 3 aromatic heterocycles. The Bertz CT molecular complexity index is 1330. The Hall–Kier alpha value is -3.59. The predicted molar refractivity (Wildman–Crippen MR) is 132 cm³/mol. The first kappa shape index (κ1) is 21.9. The van der Waals surface area contributed by atoms with Gasteiger partial charge in [-0.2, -0.15) is 10.2 Å². The van der Waals surface area contributed by atoms with Crippen LogP contribution < -0.4 is 5.32 Å². The Morgan fingerprint density at radius 3 is 2.66 bits per heavy atom. The second-order valence-electron chi connectivity index (χ2n) is 9.60. The third-order valence-electron chi connectivity index (χ3n) is 6.75. The summed E-state index contributed by atoms with van der Waals surface area (Å²) in [4.78, 5) is 11.3. The molecular formula is C26H29FN8. The fourth-order valence-electron chi connectivity index (χ4n) is 4.74. The van der Waals surface area contributed by atoms with Crippen molar-refractivity contribution in [1.82, 2.24) is 34.4 Å². The first-order valence-electron chi connectivity index (χ1n) is 12.3. The van der Waals surface area contributed by atoms with Crippen molar-refractivity contribution < 1.29 is 4.39 Å². The van der Waals surface area contributed by atoms with Crippen molar-refractivity contribution in [2.75, 3.05) is 11.9 Å². The predicted octanol–water partition coefficient (Wildman–Crippen LogP) is 4.85. The molecule has 2 aliphatic rings. The van der Waals surface area contributed by atoms with Crippen LogP contribution in [0.15, 0.2) is 42.9 Å². The molecule has 1 aliphatic heterocycles. The molecule has 0 amide bonds. The van der Waals surface area contributed by atoms with Crippen molar-refractivity contribution in [3.8, 4) is 17.1 Å². The molecule has 8 nitrogen and oxygen atoms in total. The molecule has 6 rings (SSSR count). The molecular weight excluding hydrogens is 443 g/mol. The molecule has 180 valence electrons. The van der Waals surface area contributed by atoms with Gasteiger partial charge in [-0.25, -0.2) is 23.7 Å². The first-order chi connectivity index (χ1) is 17.1. The third-order valence-corrected chi connectivity index (χ3v) is 6.75. The van der Waals surface area contributed by atoms with Crippen LogP contribution in [0.4, 0.5) is 16.0 Å². The highest BCUT2D eigenvalue weighted by molar-refractivity contribution is 5.71. The summed E-state index contributed by atoms with van der Waals surface area (Å²) in [6.45, 7) is 8.00. The number of anilines is 2. The van der Waals surface area contributed by atoms with Gasteiger partial charge in [0.05, 0.1) is 11.4 Å². The number of benzene rings is 1. The van der Waals surface area contributed by atoms with Crippen LogP contribution in [-0.2, 0) is 19.6 Å². The number of fused-ring (bicyclic) bond motifs is 1. The lowest BCUT2D eigenvalue weighted by atomic mass is 10.1. The van der Waals surface area contributed by atoms with Gasteiger partial charge in [-0.15, -0.1) is 0 Å². The van der Waals surface area contributed by atoms with Crippen molar-refractivity contribution in [2.45, 2.75) is 52.7 Å². The Morgan fingerprint density at radius 1 is 1.09 bits per heavy atom. The SMILES string of the molecule is CCCN1Cc2cn(-c3cc(Nc4c(C)c(-c5ccc(F)cc5)nn4CC4CC4)ncn3)nc2C1. The highest BCUT2D eigenvalue weighted by Gasteiger charge is 2.26. The van der Waals surface area contributed by atoms with Crippen LogP contribution in [0.25, 0.3) is 17.1 Å². The van der Waals surface area contributed by atoms with Gasteiger partial charge in [0.1, 0.15) is 23.8 Å². The van der Waals surface area contributed by atoms with Crippen LogP contribution in [0.5, 0.6) is 0 Å². The summed E-state index contributed by atoms with van der Waals surface area (Å²) < 4.78 is 17.4. The van der Waals surface area contributed by atoms with Crippen LogP contribution >= 0.6 is 0 Å². The van der Waals surface area contributed by atoms with E-state index in [0.717, 1.165) is 66.8 Å². The third kappa shape index (κ3) is 4.43. The second-order valence-corrected chi connectivity index (χ2v) is 9.60. The molecule has 0 radical (unpaired) electrons. The topological polar surface area (TPSA) is 76.7 Å². The molecule has 0 bridgehead atoms. The van der Waals surface area contributed by atoms with Crippen molar-refractivity contribution in [3.63, 3.8) is 0 Å². The number of halogens is 1. The Labute approximate surface area is 203 Å². The molecule has 1 fully saturated rings. The van der Waals surface area contributed by atoms with E-state index >= 15 is 0 Å². The van der Waals surface area contributed by atoms with Crippen LogP contribution in [0, 0.1) is 18.7 Å². The standard InChI is InChI=1S/C26H29FN8/c1-3-10-33-13-20-14-34(31-22(20)15-33)24-11-23(28-16-29-24)30-26-17(2)25(19-6-8-21(27)9-7-19)32-35(26)12-18-4-5-18/h6-9,11,14,16,18H,3-5,10,12-13,15H2,1-2H3,(H,28,29,30). The maximum Gasteiger partial charge on any atom is 0.158 e. The summed E-state index contributed by atoms with van der Waals surface area (Å²) in [6, 6.07) is 8.41. The van der Waals surface area contributed by atoms with Crippen molar-refractivity contribution in [3.05, 3.63) is 65.5 Å². The van der Waals surface area contributed by atoms with E-state index in [9.17, 15) is 4.39 Å². The second kappa shape index (κ2) is 8.88. The number of nitrogens with one attached hydrogen (secondary N) is 1. The Morgan fingerprint density at radius 2 is 1.91 bits per heavy atom. The minimum Gasteiger partial charge on any atom is -0.325 e. The molecule has 9 heteroatoms. The molecule has 1 aliphatic carbocycles. The average Bonchev–Trinajstić information content (AvgIpc) is 3.35. The van der Waals surface area contributed by atoms with Crippen molar-refractivity contribution >= 4 is 11.6 Å². The fraction of sp³-hybridized carbons (Fsp3) is 0.385. The number of rotatable bonds is 8. The quantitative estimate of drug-likeness (QED) is 0.395. The highest BCUT2D eigenvalue weighted by Crippen LogP contribution is 2.35. The summed E-state index contributed by atoms with van der Waals surface area (Å²) >= 11 is 0. The minimum absolute atomic E-state index is 0.252. The van der Waals surface area contributed by atoms with Gasteiger partial charge in [-0.05, 0) is 62.9 Å². The van der Waals surface area contributed by atoms with Crippen molar-refractivity contribution in [1.29, 1.82) is 0 Å². The monoisotopic (exact) mass is 472 g/mol. The van der Waals surface area contributed by atoms with Gasteiger partial charge >= 0.3 is 0 Å². The van der Waals surface area contributed by atoms with Crippen LogP contribution in [0.2, 0.25) is 0 Å². The summed E-state index contributed by atoms with van der Waals surface area (Å²) in [7, 11) is 0. The van der Waals surface area contributed by atoms with Gasteiger partial charge in [0.25, 0.3) is 0 Å². The molecule has 0 spiro atoms. The molecule has 0 saturated heterocycles. The molecule has 0 unspecified atom stereocenters. The van der Waals surface area contributed by atoms with E-state index in [0.29, 0.717) is 11.7 Å². The first-order valence-corrected chi connectivity index (χ1v) is 12.3. The van der Waals surface area contributed by atoms with Crippen LogP contribution in [-0.4, -0.2) is 41.0 Å². The van der Waals surface area contributed by atoms with E-state index in [2.05, 4.69) is 33.3 Å². The Kier molecular flexibility index (Phi) is 5.56. The number of nitrogens with zero attached hydrogens (tertiary/aromatic N) is 7. The van der Waals surface area contributed by atoms with E-state index in [1.54, 1.807) is 18.5 Å². The van der Waals surface area contributed by atoms with E-state index in [-0.39, 0.29) is 5.82 Å². The lowest BCUT2D eigenvalue weighted by molar-refractivity contribution is 0.281. The molecule has 35 heavy (non-hydrogen) atoms. The maximum absolute atomic E-state index is 13.5. The summed E-state index contributed by atoms with van der Waals surface area (Å²) in [5.74, 6) is 2.71. The van der Waals surface area contributed by atoms with Crippen molar-refractivity contribution in [2.24, 2.45) is 5.92 Å². The van der Waals surface area contributed by atoms with E-state index in [1.807, 2.05) is 22.4 Å². The number of hydrogen-bond acceptors (Lipinski definition) is 6. The lowest BCUT2D eigenvalue weighted by Gasteiger charge is -2.13. The van der Waals surface area contributed by atoms with Crippen LogP contribution in [0.3, 0.4) is 0 Å². The Balaban J connectivity index is 1.28. The number of aromatic nitrogens is 6. The zero-order chi connectivity index (χ0) is 23.9. The molecule has 4 heterocycles. The fourth-order valence-corrected chi connectivity index (χ4v) is 4.74. The molecule has 1 aromatic carbocycles. The molecule has 4 aromatic rings. The lowest BCUT2D eigenvalue weighted by Crippen LogP contribution is -2.18. The van der Waals surface area contributed by atoms with Gasteiger partial charge in [0, 0.05) is 48.6 Å². The maximum atomic E-state index is 13.5. The summed E-state index contributed by atoms with van der Waals surface area (Å²) in [6.07, 6.45) is 7.23. The van der Waals surface area contributed by atoms with Gasteiger partial charge in [-0.1, -0.05) is 6.92 Å².